The van der Waals surface area contributed by atoms with Gasteiger partial charge in [0, 0.05) is 19.5 Å². The Balaban J connectivity index is 0.00000225. The van der Waals surface area contributed by atoms with Crippen LogP contribution in [0.4, 0.5) is 5.69 Å². The van der Waals surface area contributed by atoms with E-state index in [1.54, 1.807) is 0 Å². The number of benzene rings is 1. The summed E-state index contributed by atoms with van der Waals surface area (Å²) in [7, 11) is 0. The zero-order valence-corrected chi connectivity index (χ0v) is 15.7. The number of likely N-dealkylation sites (tertiary alicyclic amines) is 1. The van der Waals surface area contributed by atoms with Crippen LogP contribution in [0.15, 0.2) is 18.2 Å². The van der Waals surface area contributed by atoms with Gasteiger partial charge in [-0.2, -0.15) is 0 Å². The zero-order valence-electron chi connectivity index (χ0n) is 14.8. The van der Waals surface area contributed by atoms with E-state index in [2.05, 4.69) is 10.6 Å². The molecule has 1 aromatic rings. The van der Waals surface area contributed by atoms with E-state index in [0.29, 0.717) is 23.6 Å². The molecule has 0 aromatic heterocycles. The highest BCUT2D eigenvalue weighted by Crippen LogP contribution is 2.24. The number of nitrogens with one attached hydrogen (secondary N) is 2. The van der Waals surface area contributed by atoms with Gasteiger partial charge < -0.3 is 15.5 Å². The number of amides is 2. The van der Waals surface area contributed by atoms with Crippen LogP contribution in [0.3, 0.4) is 0 Å². The predicted molar refractivity (Wildman–Crippen MR) is 102 cm³/mol. The molecule has 2 saturated heterocycles. The highest BCUT2D eigenvalue weighted by Gasteiger charge is 2.24. The van der Waals surface area contributed by atoms with E-state index in [4.69, 9.17) is 0 Å². The predicted octanol–water partition coefficient (Wildman–Crippen LogP) is 2.98. The van der Waals surface area contributed by atoms with Gasteiger partial charge in [0.2, 0.25) is 5.91 Å². The van der Waals surface area contributed by atoms with Crippen molar-refractivity contribution >= 4 is 29.9 Å². The Morgan fingerprint density at radius 1 is 1.28 bits per heavy atom. The minimum atomic E-state index is 0. The van der Waals surface area contributed by atoms with Crippen molar-refractivity contribution in [1.29, 1.82) is 0 Å². The Labute approximate surface area is 155 Å². The maximum Gasteiger partial charge on any atom is 0.256 e. The van der Waals surface area contributed by atoms with E-state index in [0.717, 1.165) is 57.4 Å². The number of rotatable bonds is 5. The Bertz CT molecular complexity index is 609. The number of carbonyl (C=O) groups excluding carboxylic acids is 2. The van der Waals surface area contributed by atoms with Crippen LogP contribution in [0.5, 0.6) is 0 Å². The second kappa shape index (κ2) is 9.20. The molecule has 1 aromatic carbocycles. The van der Waals surface area contributed by atoms with Crippen molar-refractivity contribution in [2.75, 3.05) is 31.5 Å². The molecule has 2 N–H and O–H groups in total. The third-order valence-electron chi connectivity index (χ3n) is 5.10. The molecule has 2 aliphatic heterocycles. The first-order valence-electron chi connectivity index (χ1n) is 9.04. The van der Waals surface area contributed by atoms with Gasteiger partial charge in [0.15, 0.2) is 0 Å². The largest absolute Gasteiger partial charge is 0.339 e. The summed E-state index contributed by atoms with van der Waals surface area (Å²) in [5.74, 6) is 0.642. The molecule has 3 rings (SSSR count). The van der Waals surface area contributed by atoms with E-state index in [9.17, 15) is 9.59 Å². The highest BCUT2D eigenvalue weighted by molar-refractivity contribution is 6.04. The van der Waals surface area contributed by atoms with Crippen molar-refractivity contribution in [2.24, 2.45) is 5.92 Å². The quantitative estimate of drug-likeness (QED) is 0.843. The molecule has 0 saturated carbocycles. The lowest BCUT2D eigenvalue weighted by atomic mass is 10.0. The number of aryl methyl sites for hydroxylation is 1. The molecule has 2 aliphatic rings. The summed E-state index contributed by atoms with van der Waals surface area (Å²) in [5.41, 5.74) is 2.22. The van der Waals surface area contributed by atoms with Crippen LogP contribution in [-0.2, 0) is 4.79 Å². The molecule has 6 heteroatoms. The second-order valence-electron chi connectivity index (χ2n) is 6.94. The van der Waals surface area contributed by atoms with Crippen LogP contribution in [0.1, 0.15) is 48.0 Å². The molecular formula is C19H28ClN3O2. The van der Waals surface area contributed by atoms with Crippen molar-refractivity contribution in [3.8, 4) is 0 Å². The first-order valence-corrected chi connectivity index (χ1v) is 9.04. The van der Waals surface area contributed by atoms with Crippen molar-refractivity contribution in [3.05, 3.63) is 29.3 Å². The van der Waals surface area contributed by atoms with Gasteiger partial charge in [0.25, 0.3) is 5.91 Å². The smallest absolute Gasteiger partial charge is 0.256 e. The first kappa shape index (κ1) is 19.7. The molecule has 1 atom stereocenters. The monoisotopic (exact) mass is 365 g/mol. The lowest BCUT2D eigenvalue weighted by molar-refractivity contribution is -0.116. The van der Waals surface area contributed by atoms with E-state index >= 15 is 0 Å². The van der Waals surface area contributed by atoms with E-state index < -0.39 is 0 Å². The Kier molecular flexibility index (Phi) is 7.26. The van der Waals surface area contributed by atoms with Crippen LogP contribution >= 0.6 is 12.4 Å². The van der Waals surface area contributed by atoms with Crippen molar-refractivity contribution in [1.82, 2.24) is 10.2 Å². The van der Waals surface area contributed by atoms with Gasteiger partial charge in [0.1, 0.15) is 0 Å². The molecule has 25 heavy (non-hydrogen) atoms. The Morgan fingerprint density at radius 2 is 2.04 bits per heavy atom. The minimum absolute atomic E-state index is 0. The Hall–Kier alpha value is -1.59. The van der Waals surface area contributed by atoms with Gasteiger partial charge in [-0.3, -0.25) is 9.59 Å². The normalized spacial score (nSPS) is 19.6. The number of halogens is 1. The fourth-order valence-electron chi connectivity index (χ4n) is 3.64. The minimum Gasteiger partial charge on any atom is -0.339 e. The number of carbonyl (C=O) groups is 2. The van der Waals surface area contributed by atoms with Crippen LogP contribution in [-0.4, -0.2) is 42.9 Å². The molecule has 0 aliphatic carbocycles. The summed E-state index contributed by atoms with van der Waals surface area (Å²) >= 11 is 0. The summed E-state index contributed by atoms with van der Waals surface area (Å²) in [6, 6.07) is 5.67. The van der Waals surface area contributed by atoms with Crippen molar-refractivity contribution < 1.29 is 9.59 Å². The van der Waals surface area contributed by atoms with E-state index in [-0.39, 0.29) is 24.2 Å². The molecule has 2 heterocycles. The fourth-order valence-corrected chi connectivity index (χ4v) is 3.64. The highest BCUT2D eigenvalue weighted by atomic mass is 35.5. The van der Waals surface area contributed by atoms with Gasteiger partial charge in [-0.1, -0.05) is 12.1 Å². The van der Waals surface area contributed by atoms with Crippen LogP contribution < -0.4 is 10.6 Å². The first-order chi connectivity index (χ1) is 11.6. The maximum atomic E-state index is 12.8. The lowest BCUT2D eigenvalue weighted by Gasteiger charge is -2.20. The molecule has 5 nitrogen and oxygen atoms in total. The second-order valence-corrected chi connectivity index (χ2v) is 6.94. The molecular weight excluding hydrogens is 338 g/mol. The van der Waals surface area contributed by atoms with Gasteiger partial charge >= 0.3 is 0 Å². The summed E-state index contributed by atoms with van der Waals surface area (Å²) in [5, 5.41) is 6.30. The summed E-state index contributed by atoms with van der Waals surface area (Å²) in [6.07, 6.45) is 4.69. The van der Waals surface area contributed by atoms with E-state index in [1.165, 1.54) is 0 Å². The average Bonchev–Trinajstić information content (AvgIpc) is 3.26. The van der Waals surface area contributed by atoms with E-state index in [1.807, 2.05) is 30.0 Å². The molecule has 2 amide bonds. The molecule has 1 unspecified atom stereocenters. The van der Waals surface area contributed by atoms with Gasteiger partial charge in [0.05, 0.1) is 11.3 Å². The standard InChI is InChI=1S/C19H27N3O2.ClH/c1-14-5-4-6-16(18(14)19(24)22-11-2-3-12-22)21-17(23)8-7-15-9-10-20-13-15;/h4-6,15,20H,2-3,7-13H2,1H3,(H,21,23);1H. The van der Waals surface area contributed by atoms with Gasteiger partial charge in [-0.15, -0.1) is 12.4 Å². The number of nitrogens with zero attached hydrogens (tertiary/aromatic N) is 1. The topological polar surface area (TPSA) is 61.4 Å². The van der Waals surface area contributed by atoms with Crippen LogP contribution in [0, 0.1) is 12.8 Å². The SMILES string of the molecule is Cc1cccc(NC(=O)CCC2CCNC2)c1C(=O)N1CCCC1.Cl. The number of hydrogen-bond donors (Lipinski definition) is 2. The van der Waals surface area contributed by atoms with Crippen LogP contribution in [0.2, 0.25) is 0 Å². The zero-order chi connectivity index (χ0) is 16.9. The van der Waals surface area contributed by atoms with Crippen molar-refractivity contribution in [3.63, 3.8) is 0 Å². The fraction of sp³-hybridized carbons (Fsp3) is 0.579. The average molecular weight is 366 g/mol. The summed E-state index contributed by atoms with van der Waals surface area (Å²) in [6.45, 7) is 5.63. The van der Waals surface area contributed by atoms with Gasteiger partial charge in [-0.05, 0) is 63.2 Å². The summed E-state index contributed by atoms with van der Waals surface area (Å²) in [4.78, 5) is 27.0. The number of anilines is 1. The maximum absolute atomic E-state index is 12.8. The Morgan fingerprint density at radius 3 is 2.72 bits per heavy atom. The van der Waals surface area contributed by atoms with Gasteiger partial charge in [-0.25, -0.2) is 0 Å². The lowest BCUT2D eigenvalue weighted by Crippen LogP contribution is -2.29. The summed E-state index contributed by atoms with van der Waals surface area (Å²) < 4.78 is 0. The molecule has 138 valence electrons. The third-order valence-corrected chi connectivity index (χ3v) is 5.10. The molecule has 2 fully saturated rings. The molecule has 0 radical (unpaired) electrons. The third kappa shape index (κ3) is 4.95. The van der Waals surface area contributed by atoms with Crippen molar-refractivity contribution in [2.45, 2.75) is 39.0 Å². The molecule has 0 spiro atoms. The molecule has 0 bridgehead atoms. The van der Waals surface area contributed by atoms with Crippen LogP contribution in [0.25, 0.3) is 0 Å². The number of hydrogen-bond acceptors (Lipinski definition) is 3.